The lowest BCUT2D eigenvalue weighted by Gasteiger charge is -2.30. The van der Waals surface area contributed by atoms with Crippen LogP contribution in [0.25, 0.3) is 0 Å². The van der Waals surface area contributed by atoms with Crippen LogP contribution in [0.5, 0.6) is 0 Å². The first-order chi connectivity index (χ1) is 11.5. The first-order valence-electron chi connectivity index (χ1n) is 7.80. The maximum Gasteiger partial charge on any atom is 0.344 e. The van der Waals surface area contributed by atoms with Crippen LogP contribution in [0.4, 0.5) is 4.79 Å². The number of furan rings is 1. The van der Waals surface area contributed by atoms with Gasteiger partial charge in [0.25, 0.3) is 17.7 Å². The SMILES string of the molecule is O=C(CNC(=O)c1ccco1)NN1C(=O)NC2(CCCCC2)C1=O. The number of rotatable bonds is 4. The van der Waals surface area contributed by atoms with E-state index in [-0.39, 0.29) is 12.3 Å². The second-order valence-corrected chi connectivity index (χ2v) is 5.91. The second kappa shape index (κ2) is 6.34. The topological polar surface area (TPSA) is 121 Å². The van der Waals surface area contributed by atoms with Crippen molar-refractivity contribution in [2.24, 2.45) is 0 Å². The Hall–Kier alpha value is -2.84. The summed E-state index contributed by atoms with van der Waals surface area (Å²) in [6.45, 7) is -0.385. The van der Waals surface area contributed by atoms with Crippen molar-refractivity contribution >= 4 is 23.8 Å². The average molecular weight is 334 g/mol. The zero-order chi connectivity index (χ0) is 17.2. The van der Waals surface area contributed by atoms with Gasteiger partial charge in [0.2, 0.25) is 0 Å². The Kier molecular flexibility index (Phi) is 4.24. The van der Waals surface area contributed by atoms with Crippen LogP contribution in [-0.4, -0.2) is 40.8 Å². The van der Waals surface area contributed by atoms with Gasteiger partial charge in [-0.2, -0.15) is 5.01 Å². The molecular formula is C15H18N4O5. The van der Waals surface area contributed by atoms with Gasteiger partial charge in [0.15, 0.2) is 5.76 Å². The van der Waals surface area contributed by atoms with Gasteiger partial charge in [-0.1, -0.05) is 19.3 Å². The van der Waals surface area contributed by atoms with E-state index in [1.807, 2.05) is 0 Å². The zero-order valence-corrected chi connectivity index (χ0v) is 13.0. The lowest BCUT2D eigenvalue weighted by atomic mass is 9.82. The van der Waals surface area contributed by atoms with Crippen LogP contribution in [0.15, 0.2) is 22.8 Å². The minimum Gasteiger partial charge on any atom is -0.459 e. The van der Waals surface area contributed by atoms with Crippen molar-refractivity contribution in [1.82, 2.24) is 21.1 Å². The minimum absolute atomic E-state index is 0.0685. The maximum atomic E-state index is 12.5. The van der Waals surface area contributed by atoms with Crippen molar-refractivity contribution in [3.63, 3.8) is 0 Å². The molecule has 1 saturated heterocycles. The molecule has 0 radical (unpaired) electrons. The van der Waals surface area contributed by atoms with Crippen LogP contribution in [-0.2, 0) is 9.59 Å². The van der Waals surface area contributed by atoms with Crippen LogP contribution >= 0.6 is 0 Å². The number of hydrazine groups is 1. The molecule has 0 unspecified atom stereocenters. The van der Waals surface area contributed by atoms with E-state index in [0.717, 1.165) is 19.3 Å². The van der Waals surface area contributed by atoms with E-state index >= 15 is 0 Å². The highest BCUT2D eigenvalue weighted by molar-refractivity contribution is 6.08. The average Bonchev–Trinajstić information content (AvgIpc) is 3.18. The Morgan fingerprint density at radius 2 is 2.00 bits per heavy atom. The molecule has 1 aliphatic carbocycles. The number of urea groups is 1. The Morgan fingerprint density at radius 3 is 2.67 bits per heavy atom. The van der Waals surface area contributed by atoms with E-state index in [4.69, 9.17) is 4.42 Å². The van der Waals surface area contributed by atoms with Crippen molar-refractivity contribution in [2.45, 2.75) is 37.6 Å². The molecule has 9 nitrogen and oxygen atoms in total. The number of carbonyl (C=O) groups is 4. The summed E-state index contributed by atoms with van der Waals surface area (Å²) in [6.07, 6.45) is 5.21. The largest absolute Gasteiger partial charge is 0.459 e. The van der Waals surface area contributed by atoms with Crippen LogP contribution in [0.1, 0.15) is 42.7 Å². The predicted octanol–water partition coefficient (Wildman–Crippen LogP) is 0.295. The van der Waals surface area contributed by atoms with Gasteiger partial charge in [-0.3, -0.25) is 19.8 Å². The van der Waals surface area contributed by atoms with Gasteiger partial charge in [-0.05, 0) is 25.0 Å². The molecule has 0 bridgehead atoms. The maximum absolute atomic E-state index is 12.5. The molecular weight excluding hydrogens is 316 g/mol. The van der Waals surface area contributed by atoms with E-state index in [9.17, 15) is 19.2 Å². The Morgan fingerprint density at radius 1 is 1.25 bits per heavy atom. The van der Waals surface area contributed by atoms with Crippen LogP contribution < -0.4 is 16.1 Å². The number of nitrogens with zero attached hydrogens (tertiary/aromatic N) is 1. The fourth-order valence-corrected chi connectivity index (χ4v) is 3.04. The normalized spacial score (nSPS) is 19.2. The first kappa shape index (κ1) is 16.0. The molecule has 0 atom stereocenters. The van der Waals surface area contributed by atoms with Crippen molar-refractivity contribution in [3.8, 4) is 0 Å². The van der Waals surface area contributed by atoms with E-state index in [1.54, 1.807) is 6.07 Å². The summed E-state index contributed by atoms with van der Waals surface area (Å²) in [7, 11) is 0. The monoisotopic (exact) mass is 334 g/mol. The molecule has 1 spiro atoms. The summed E-state index contributed by atoms with van der Waals surface area (Å²) >= 11 is 0. The van der Waals surface area contributed by atoms with Crippen molar-refractivity contribution < 1.29 is 23.6 Å². The van der Waals surface area contributed by atoms with Crippen LogP contribution in [0.3, 0.4) is 0 Å². The molecule has 1 aromatic heterocycles. The second-order valence-electron chi connectivity index (χ2n) is 5.91. The Bertz CT molecular complexity index is 663. The summed E-state index contributed by atoms with van der Waals surface area (Å²) in [5.41, 5.74) is 1.34. The molecule has 1 aromatic rings. The zero-order valence-electron chi connectivity index (χ0n) is 13.0. The molecule has 24 heavy (non-hydrogen) atoms. The van der Waals surface area contributed by atoms with Crippen LogP contribution in [0.2, 0.25) is 0 Å². The van der Waals surface area contributed by atoms with Crippen molar-refractivity contribution in [3.05, 3.63) is 24.2 Å². The van der Waals surface area contributed by atoms with Gasteiger partial charge in [-0.25, -0.2) is 4.79 Å². The summed E-state index contributed by atoms with van der Waals surface area (Å²) in [5.74, 6) is -1.61. The number of hydrogen-bond acceptors (Lipinski definition) is 5. The Balaban J connectivity index is 1.55. The third-order valence-electron chi connectivity index (χ3n) is 4.26. The lowest BCUT2D eigenvalue weighted by Crippen LogP contribution is -2.52. The number of carbonyl (C=O) groups excluding carboxylic acids is 4. The number of nitrogens with one attached hydrogen (secondary N) is 3. The predicted molar refractivity (Wildman–Crippen MR) is 80.4 cm³/mol. The smallest absolute Gasteiger partial charge is 0.344 e. The molecule has 5 amide bonds. The van der Waals surface area contributed by atoms with Gasteiger partial charge in [0, 0.05) is 0 Å². The van der Waals surface area contributed by atoms with E-state index in [0.29, 0.717) is 17.9 Å². The molecule has 1 aliphatic heterocycles. The Labute approximate surface area is 137 Å². The third kappa shape index (κ3) is 2.97. The molecule has 3 N–H and O–H groups in total. The third-order valence-corrected chi connectivity index (χ3v) is 4.26. The van der Waals surface area contributed by atoms with Crippen LogP contribution in [0, 0.1) is 0 Å². The number of amides is 5. The summed E-state index contributed by atoms with van der Waals surface area (Å²) < 4.78 is 4.90. The highest BCUT2D eigenvalue weighted by Crippen LogP contribution is 2.32. The lowest BCUT2D eigenvalue weighted by molar-refractivity contribution is -0.139. The standard InChI is InChI=1S/C15H18N4O5/c20-11(9-16-12(21)10-5-4-8-24-10)18-19-13(22)15(17-14(19)23)6-2-1-3-7-15/h4-5,8H,1-3,6-7,9H2,(H,16,21)(H,17,23)(H,18,20). The molecule has 9 heteroatoms. The fraction of sp³-hybridized carbons (Fsp3) is 0.467. The van der Waals surface area contributed by atoms with Gasteiger partial charge in [0.1, 0.15) is 5.54 Å². The molecule has 2 heterocycles. The van der Waals surface area contributed by atoms with Gasteiger partial charge in [0.05, 0.1) is 12.8 Å². The van der Waals surface area contributed by atoms with Crippen molar-refractivity contribution in [2.75, 3.05) is 6.54 Å². The number of hydrogen-bond donors (Lipinski definition) is 3. The van der Waals surface area contributed by atoms with E-state index < -0.39 is 29.3 Å². The molecule has 3 rings (SSSR count). The first-order valence-corrected chi connectivity index (χ1v) is 7.80. The summed E-state index contributed by atoms with van der Waals surface area (Å²) in [6, 6.07) is 2.36. The van der Waals surface area contributed by atoms with E-state index in [2.05, 4.69) is 16.1 Å². The summed E-state index contributed by atoms with van der Waals surface area (Å²) in [5, 5.41) is 5.73. The van der Waals surface area contributed by atoms with Gasteiger partial charge >= 0.3 is 6.03 Å². The highest BCUT2D eigenvalue weighted by atomic mass is 16.3. The highest BCUT2D eigenvalue weighted by Gasteiger charge is 2.52. The fourth-order valence-electron chi connectivity index (χ4n) is 3.04. The summed E-state index contributed by atoms with van der Waals surface area (Å²) in [4.78, 5) is 48.1. The van der Waals surface area contributed by atoms with Gasteiger partial charge in [-0.15, -0.1) is 0 Å². The molecule has 2 fully saturated rings. The van der Waals surface area contributed by atoms with E-state index in [1.165, 1.54) is 12.3 Å². The molecule has 0 aromatic carbocycles. The minimum atomic E-state index is -0.903. The number of imide groups is 1. The molecule has 2 aliphatic rings. The molecule has 128 valence electrons. The van der Waals surface area contributed by atoms with Gasteiger partial charge < -0.3 is 15.1 Å². The quantitative estimate of drug-likeness (QED) is 0.684. The molecule has 1 saturated carbocycles. The van der Waals surface area contributed by atoms with Crippen molar-refractivity contribution in [1.29, 1.82) is 0 Å².